The first-order chi connectivity index (χ1) is 23.8. The summed E-state index contributed by atoms with van der Waals surface area (Å²) in [4.78, 5) is 30.9. The highest BCUT2D eigenvalue weighted by atomic mass is 16.5. The molecule has 0 spiro atoms. The first-order valence-corrected chi connectivity index (χ1v) is 17.7. The number of methoxy groups -OCH3 is 1. The molecule has 0 radical (unpaired) electrons. The van der Waals surface area contributed by atoms with Gasteiger partial charge in [0, 0.05) is 61.9 Å². The summed E-state index contributed by atoms with van der Waals surface area (Å²) in [5, 5.41) is 11.7. The number of hydrogen-bond donors (Lipinski definition) is 2. The molecule has 0 saturated carbocycles. The van der Waals surface area contributed by atoms with Crippen molar-refractivity contribution in [3.63, 3.8) is 0 Å². The highest BCUT2D eigenvalue weighted by molar-refractivity contribution is 6.05. The molecule has 1 saturated heterocycles. The maximum absolute atomic E-state index is 14.1. The maximum Gasteiger partial charge on any atom is 0.276 e. The minimum atomic E-state index is -0.167. The van der Waals surface area contributed by atoms with E-state index in [1.165, 1.54) is 0 Å². The lowest BCUT2D eigenvalue weighted by Crippen LogP contribution is -2.44. The van der Waals surface area contributed by atoms with E-state index in [4.69, 9.17) is 19.8 Å². The van der Waals surface area contributed by atoms with Crippen LogP contribution in [0.2, 0.25) is 0 Å². The Kier molecular flexibility index (Phi) is 10.8. The summed E-state index contributed by atoms with van der Waals surface area (Å²) < 4.78 is 7.84. The molecule has 11 heteroatoms. The first-order valence-electron chi connectivity index (χ1n) is 17.7. The maximum atomic E-state index is 14.1. The van der Waals surface area contributed by atoms with Crippen molar-refractivity contribution in [2.24, 2.45) is 0 Å². The van der Waals surface area contributed by atoms with Gasteiger partial charge in [-0.25, -0.2) is 9.97 Å². The van der Waals surface area contributed by atoms with Gasteiger partial charge in [-0.3, -0.25) is 9.48 Å². The van der Waals surface area contributed by atoms with E-state index in [1.54, 1.807) is 7.11 Å². The van der Waals surface area contributed by atoms with E-state index in [-0.39, 0.29) is 5.91 Å². The molecular formula is C38H51N9O2. The van der Waals surface area contributed by atoms with E-state index in [1.807, 2.05) is 16.9 Å². The second kappa shape index (κ2) is 15.4. The number of hydrogen-bond acceptors (Lipinski definition) is 9. The topological polar surface area (TPSA) is 104 Å². The van der Waals surface area contributed by atoms with Gasteiger partial charge in [0.2, 0.25) is 5.95 Å². The van der Waals surface area contributed by atoms with Gasteiger partial charge < -0.3 is 30.1 Å². The molecule has 2 aliphatic rings. The quantitative estimate of drug-likeness (QED) is 0.198. The number of aryl methyl sites for hydroxylation is 4. The van der Waals surface area contributed by atoms with E-state index in [0.717, 1.165) is 128 Å². The lowest BCUT2D eigenvalue weighted by Gasteiger charge is -2.34. The largest absolute Gasteiger partial charge is 0.494 e. The Bertz CT molecular complexity index is 1750. The number of anilines is 4. The summed E-state index contributed by atoms with van der Waals surface area (Å²) >= 11 is 0. The number of fused-ring (bicyclic) bond motifs is 3. The molecule has 6 rings (SSSR count). The summed E-state index contributed by atoms with van der Waals surface area (Å²) in [5.74, 6) is 1.05. The number of benzene rings is 2. The molecule has 11 nitrogen and oxygen atoms in total. The molecule has 2 N–H and O–H groups in total. The predicted octanol–water partition coefficient (Wildman–Crippen LogP) is 5.66. The minimum Gasteiger partial charge on any atom is -0.494 e. The van der Waals surface area contributed by atoms with Crippen molar-refractivity contribution in [2.75, 3.05) is 76.5 Å². The van der Waals surface area contributed by atoms with Crippen molar-refractivity contribution in [2.45, 2.75) is 58.9 Å². The number of amides is 1. The average molecular weight is 666 g/mol. The third kappa shape index (κ3) is 7.58. The average Bonchev–Trinajstić information content (AvgIpc) is 3.36. The molecule has 4 aromatic rings. The standard InChI is InChI=1S/C38H51N9O2/c1-7-26-12-9-13-27(8-2)33(26)41-37(48)35-30-15-10-14-28-25-39-38(42-34(28)36(30)47(43-35)19-11-18-44(3)4)40-31-17-16-29(24-32(31)49-6)46-22-20-45(5)21-23-46/h9,12-13,16-17,24-25H,7-8,10-11,14-15,18-23H2,1-6H3,(H,41,48)(H,39,40,42). The van der Waals surface area contributed by atoms with Crippen molar-refractivity contribution in [3.05, 3.63) is 70.5 Å². The van der Waals surface area contributed by atoms with Crippen LogP contribution in [0.1, 0.15) is 59.4 Å². The number of carbonyl (C=O) groups is 1. The molecule has 49 heavy (non-hydrogen) atoms. The van der Waals surface area contributed by atoms with Crippen LogP contribution in [-0.2, 0) is 32.2 Å². The van der Waals surface area contributed by atoms with Crippen LogP contribution in [0, 0.1) is 0 Å². The predicted molar refractivity (Wildman–Crippen MR) is 198 cm³/mol. The van der Waals surface area contributed by atoms with Crippen molar-refractivity contribution in [3.8, 4) is 17.1 Å². The highest BCUT2D eigenvalue weighted by Crippen LogP contribution is 2.36. The number of rotatable bonds is 12. The van der Waals surface area contributed by atoms with E-state index in [2.05, 4.69) is 90.7 Å². The number of piperazine rings is 1. The van der Waals surface area contributed by atoms with Gasteiger partial charge in [0.25, 0.3) is 5.91 Å². The van der Waals surface area contributed by atoms with Crippen LogP contribution in [0.15, 0.2) is 42.6 Å². The Morgan fingerprint density at radius 2 is 1.78 bits per heavy atom. The van der Waals surface area contributed by atoms with Gasteiger partial charge in [-0.1, -0.05) is 32.0 Å². The van der Waals surface area contributed by atoms with Gasteiger partial charge in [-0.15, -0.1) is 0 Å². The van der Waals surface area contributed by atoms with Crippen LogP contribution in [0.25, 0.3) is 11.4 Å². The molecule has 0 unspecified atom stereocenters. The fraction of sp³-hybridized carbons (Fsp3) is 0.474. The SMILES string of the molecule is CCc1cccc(CC)c1NC(=O)c1nn(CCCN(C)C)c2c1CCCc1cnc(Nc3ccc(N4CCN(C)CC4)cc3OC)nc1-2. The number of ether oxygens (including phenoxy) is 1. The molecule has 1 fully saturated rings. The van der Waals surface area contributed by atoms with Gasteiger partial charge in [0.05, 0.1) is 24.2 Å². The fourth-order valence-corrected chi connectivity index (χ4v) is 6.93. The Morgan fingerprint density at radius 1 is 1.02 bits per heavy atom. The molecule has 1 aliphatic carbocycles. The zero-order chi connectivity index (χ0) is 34.5. The van der Waals surface area contributed by atoms with Crippen LogP contribution in [0.4, 0.5) is 23.0 Å². The summed E-state index contributed by atoms with van der Waals surface area (Å²) in [6.07, 6.45) is 6.93. The van der Waals surface area contributed by atoms with E-state index in [9.17, 15) is 4.79 Å². The zero-order valence-electron chi connectivity index (χ0n) is 30.0. The number of aromatic nitrogens is 4. The summed E-state index contributed by atoms with van der Waals surface area (Å²) in [5.41, 5.74) is 9.35. The van der Waals surface area contributed by atoms with E-state index >= 15 is 0 Å². The molecule has 2 aromatic carbocycles. The Labute approximate surface area is 290 Å². The molecule has 260 valence electrons. The van der Waals surface area contributed by atoms with Gasteiger partial charge in [-0.05, 0) is 95.0 Å². The van der Waals surface area contributed by atoms with Gasteiger partial charge >= 0.3 is 0 Å². The van der Waals surface area contributed by atoms with E-state index < -0.39 is 0 Å². The highest BCUT2D eigenvalue weighted by Gasteiger charge is 2.29. The van der Waals surface area contributed by atoms with Gasteiger partial charge in [0.1, 0.15) is 5.75 Å². The second-order valence-corrected chi connectivity index (χ2v) is 13.4. The van der Waals surface area contributed by atoms with Crippen molar-refractivity contribution in [1.82, 2.24) is 29.5 Å². The number of nitrogens with one attached hydrogen (secondary N) is 2. The van der Waals surface area contributed by atoms with Crippen LogP contribution in [-0.4, -0.2) is 96.4 Å². The second-order valence-electron chi connectivity index (χ2n) is 13.4. The van der Waals surface area contributed by atoms with Crippen molar-refractivity contribution in [1.29, 1.82) is 0 Å². The molecule has 1 amide bonds. The van der Waals surface area contributed by atoms with Crippen LogP contribution in [0.3, 0.4) is 0 Å². The van der Waals surface area contributed by atoms with E-state index in [0.29, 0.717) is 18.2 Å². The first kappa shape index (κ1) is 34.4. The number of likely N-dealkylation sites (N-methyl/N-ethyl adjacent to an activating group) is 1. The van der Waals surface area contributed by atoms with Crippen molar-refractivity contribution >= 4 is 28.9 Å². The fourth-order valence-electron chi connectivity index (χ4n) is 6.93. The lowest BCUT2D eigenvalue weighted by atomic mass is 10.0. The monoisotopic (exact) mass is 665 g/mol. The summed E-state index contributed by atoms with van der Waals surface area (Å²) in [6.45, 7) is 9.86. The number of nitrogens with zero attached hydrogens (tertiary/aromatic N) is 7. The van der Waals surface area contributed by atoms with Gasteiger partial charge in [0.15, 0.2) is 5.69 Å². The van der Waals surface area contributed by atoms with Crippen LogP contribution >= 0.6 is 0 Å². The Hall–Kier alpha value is -4.48. The summed E-state index contributed by atoms with van der Waals surface area (Å²) in [7, 11) is 8.01. The van der Waals surface area contributed by atoms with Gasteiger partial charge in [-0.2, -0.15) is 5.10 Å². The lowest BCUT2D eigenvalue weighted by molar-refractivity contribution is 0.102. The molecular weight excluding hydrogens is 614 g/mol. The molecule has 3 heterocycles. The summed E-state index contributed by atoms with van der Waals surface area (Å²) in [6, 6.07) is 12.5. The molecule has 2 aromatic heterocycles. The number of carbonyl (C=O) groups excluding carboxylic acids is 1. The van der Waals surface area contributed by atoms with Crippen molar-refractivity contribution < 1.29 is 9.53 Å². The normalized spacial score (nSPS) is 14.7. The minimum absolute atomic E-state index is 0.167. The molecule has 1 aliphatic heterocycles. The third-order valence-corrected chi connectivity index (χ3v) is 9.74. The Morgan fingerprint density at radius 3 is 2.47 bits per heavy atom. The van der Waals surface area contributed by atoms with Crippen LogP contribution < -0.4 is 20.3 Å². The van der Waals surface area contributed by atoms with Crippen LogP contribution in [0.5, 0.6) is 5.75 Å². The zero-order valence-corrected chi connectivity index (χ0v) is 30.0. The molecule has 0 atom stereocenters. The third-order valence-electron chi connectivity index (χ3n) is 9.74. The number of para-hydroxylation sites is 1. The Balaban J connectivity index is 1.35. The smallest absolute Gasteiger partial charge is 0.276 e. The molecule has 0 bridgehead atoms.